The first kappa shape index (κ1) is 17.8. The van der Waals surface area contributed by atoms with Crippen LogP contribution in [0.5, 0.6) is 0 Å². The van der Waals surface area contributed by atoms with Crippen molar-refractivity contribution >= 4 is 24.2 Å². The number of nitrogens with one attached hydrogen (secondary N) is 1. The number of carbonyl (C=O) groups excluding carboxylic acids is 1. The highest BCUT2D eigenvalue weighted by Crippen LogP contribution is 2.29. The molecule has 0 unspecified atom stereocenters. The second-order valence-corrected chi connectivity index (χ2v) is 7.27. The van der Waals surface area contributed by atoms with Gasteiger partial charge in [-0.3, -0.25) is 4.79 Å². The number of fused-ring (bicyclic) bond motifs is 1. The summed E-state index contributed by atoms with van der Waals surface area (Å²) < 4.78 is 0. The Morgan fingerprint density at radius 3 is 2.78 bits per heavy atom. The van der Waals surface area contributed by atoms with Crippen molar-refractivity contribution in [2.45, 2.75) is 39.4 Å². The third kappa shape index (κ3) is 4.69. The molecule has 1 amide bonds. The molecule has 0 spiro atoms. The van der Waals surface area contributed by atoms with Gasteiger partial charge in [-0.2, -0.15) is 0 Å². The van der Waals surface area contributed by atoms with E-state index in [9.17, 15) is 9.82 Å². The summed E-state index contributed by atoms with van der Waals surface area (Å²) in [6.07, 6.45) is 6.45. The first-order chi connectivity index (χ1) is 10.9. The molecule has 23 heavy (non-hydrogen) atoms. The van der Waals surface area contributed by atoms with Crippen molar-refractivity contribution in [2.24, 2.45) is 0 Å². The van der Waals surface area contributed by atoms with E-state index >= 15 is 0 Å². The number of allylic oxidation sites excluding steroid dienone is 2. The number of hydrogen-bond donors (Lipinski definition) is 2. The van der Waals surface area contributed by atoms with Crippen LogP contribution in [0.4, 0.5) is 0 Å². The van der Waals surface area contributed by atoms with Gasteiger partial charge in [-0.25, -0.2) is 0 Å². The van der Waals surface area contributed by atoms with Crippen LogP contribution < -0.4 is 5.32 Å². The average Bonchev–Trinajstić information content (AvgIpc) is 2.96. The zero-order valence-corrected chi connectivity index (χ0v) is 14.8. The molecule has 1 aliphatic carbocycles. The highest BCUT2D eigenvalue weighted by molar-refractivity contribution is 7.14. The molecule has 122 valence electrons. The highest BCUT2D eigenvalue weighted by Gasteiger charge is 2.17. The Morgan fingerprint density at radius 2 is 2.13 bits per heavy atom. The third-order valence-electron chi connectivity index (χ3n) is 4.18. The van der Waals surface area contributed by atoms with Crippen molar-refractivity contribution in [3.05, 3.63) is 57.2 Å². The van der Waals surface area contributed by atoms with E-state index in [4.69, 9.17) is 0 Å². The standard InChI is InChI=1S/C18H24BNO2S/c1-12(9-14(3)19(4)22)13(2)11-20-18(21)17-10-15-7-5-6-8-16(15)23-17/h9-10,22H,2-3,5-8,11H2,1,4H3,(H,20,21). The summed E-state index contributed by atoms with van der Waals surface area (Å²) in [5.74, 6) is -0.0345. The van der Waals surface area contributed by atoms with Gasteiger partial charge in [-0.1, -0.05) is 25.0 Å². The van der Waals surface area contributed by atoms with Crippen molar-refractivity contribution in [2.75, 3.05) is 6.54 Å². The van der Waals surface area contributed by atoms with Crippen LogP contribution in [0.2, 0.25) is 6.82 Å². The van der Waals surface area contributed by atoms with E-state index < -0.39 is 6.92 Å². The zero-order valence-electron chi connectivity index (χ0n) is 13.9. The fourth-order valence-corrected chi connectivity index (χ4v) is 3.69. The molecule has 0 fully saturated rings. The minimum atomic E-state index is -0.579. The maximum Gasteiger partial charge on any atom is 0.319 e. The van der Waals surface area contributed by atoms with Gasteiger partial charge in [-0.05, 0) is 55.4 Å². The summed E-state index contributed by atoms with van der Waals surface area (Å²) in [6.45, 7) is 11.2. The van der Waals surface area contributed by atoms with Gasteiger partial charge in [0.2, 0.25) is 0 Å². The SMILES string of the molecule is C=C(C=C(C)C(=C)CNC(=O)c1cc2c(s1)CCCC2)B(C)O. The molecule has 0 atom stereocenters. The van der Waals surface area contributed by atoms with Crippen molar-refractivity contribution < 1.29 is 9.82 Å². The second kappa shape index (κ2) is 7.80. The second-order valence-electron chi connectivity index (χ2n) is 6.13. The Hall–Kier alpha value is -1.59. The van der Waals surface area contributed by atoms with Gasteiger partial charge in [0.1, 0.15) is 0 Å². The van der Waals surface area contributed by atoms with Crippen LogP contribution in [0.25, 0.3) is 0 Å². The molecule has 3 nitrogen and oxygen atoms in total. The maximum absolute atomic E-state index is 12.3. The molecule has 5 heteroatoms. The maximum atomic E-state index is 12.3. The van der Waals surface area contributed by atoms with Crippen LogP contribution in [-0.4, -0.2) is 24.4 Å². The van der Waals surface area contributed by atoms with E-state index in [1.165, 1.54) is 23.3 Å². The van der Waals surface area contributed by atoms with Crippen LogP contribution in [0.15, 0.2) is 41.9 Å². The van der Waals surface area contributed by atoms with Gasteiger partial charge in [0.05, 0.1) is 4.88 Å². The van der Waals surface area contributed by atoms with Crippen LogP contribution in [0.1, 0.15) is 39.9 Å². The first-order valence-corrected chi connectivity index (χ1v) is 8.83. The lowest BCUT2D eigenvalue weighted by Gasteiger charge is -2.09. The molecule has 1 aliphatic rings. The molecule has 2 rings (SSSR count). The van der Waals surface area contributed by atoms with Crippen molar-refractivity contribution in [1.29, 1.82) is 0 Å². The first-order valence-electron chi connectivity index (χ1n) is 8.01. The lowest BCUT2D eigenvalue weighted by Crippen LogP contribution is -2.25. The minimum absolute atomic E-state index is 0.0345. The van der Waals surface area contributed by atoms with E-state index in [-0.39, 0.29) is 5.91 Å². The molecule has 0 saturated carbocycles. The van der Waals surface area contributed by atoms with Crippen LogP contribution in [0, 0.1) is 0 Å². The Kier molecular flexibility index (Phi) is 6.02. The van der Waals surface area contributed by atoms with Crippen molar-refractivity contribution in [3.8, 4) is 0 Å². The fourth-order valence-electron chi connectivity index (χ4n) is 2.52. The molecule has 0 bridgehead atoms. The normalized spacial score (nSPS) is 14.1. The predicted molar refractivity (Wildman–Crippen MR) is 99.2 cm³/mol. The van der Waals surface area contributed by atoms with Gasteiger partial charge in [-0.15, -0.1) is 17.9 Å². The van der Waals surface area contributed by atoms with Crippen molar-refractivity contribution in [1.82, 2.24) is 5.32 Å². The largest absolute Gasteiger partial charge is 0.447 e. The van der Waals surface area contributed by atoms with Gasteiger partial charge in [0, 0.05) is 11.4 Å². The lowest BCUT2D eigenvalue weighted by atomic mass is 9.64. The topological polar surface area (TPSA) is 49.3 Å². The van der Waals surface area contributed by atoms with E-state index in [1.54, 1.807) is 18.2 Å². The zero-order chi connectivity index (χ0) is 17.0. The van der Waals surface area contributed by atoms with Gasteiger partial charge < -0.3 is 10.3 Å². The Balaban J connectivity index is 1.92. The monoisotopic (exact) mass is 329 g/mol. The Morgan fingerprint density at radius 1 is 1.43 bits per heavy atom. The molecule has 1 aromatic rings. The van der Waals surface area contributed by atoms with Crippen LogP contribution >= 0.6 is 11.3 Å². The molecular weight excluding hydrogens is 305 g/mol. The molecule has 0 aromatic carbocycles. The molecule has 0 aliphatic heterocycles. The Bertz CT molecular complexity index is 634. The van der Waals surface area contributed by atoms with E-state index in [2.05, 4.69) is 18.5 Å². The molecule has 1 heterocycles. The number of carbonyl (C=O) groups is 1. The smallest absolute Gasteiger partial charge is 0.319 e. The lowest BCUT2D eigenvalue weighted by molar-refractivity contribution is 0.0961. The van der Waals surface area contributed by atoms with E-state index in [1.807, 2.05) is 19.1 Å². The van der Waals surface area contributed by atoms with Crippen LogP contribution in [-0.2, 0) is 12.8 Å². The summed E-state index contributed by atoms with van der Waals surface area (Å²) in [7, 11) is 0. The van der Waals surface area contributed by atoms with E-state index in [0.717, 1.165) is 28.9 Å². The fraction of sp³-hybridized carbons (Fsp3) is 0.389. The summed E-state index contributed by atoms with van der Waals surface area (Å²) in [5.41, 5.74) is 3.72. The van der Waals surface area contributed by atoms with E-state index in [0.29, 0.717) is 12.0 Å². The average molecular weight is 329 g/mol. The number of aryl methyl sites for hydroxylation is 2. The Labute approximate surface area is 142 Å². The highest BCUT2D eigenvalue weighted by atomic mass is 32.1. The summed E-state index contributed by atoms with van der Waals surface area (Å²) in [5, 5.41) is 12.4. The number of thiophene rings is 1. The number of hydrogen-bond acceptors (Lipinski definition) is 3. The summed E-state index contributed by atoms with van der Waals surface area (Å²) in [6, 6.07) is 2.04. The molecule has 2 N–H and O–H groups in total. The molecule has 0 radical (unpaired) electrons. The molecule has 0 saturated heterocycles. The van der Waals surface area contributed by atoms with Gasteiger partial charge in [0.25, 0.3) is 5.91 Å². The number of amides is 1. The van der Waals surface area contributed by atoms with Crippen molar-refractivity contribution in [3.63, 3.8) is 0 Å². The predicted octanol–water partition coefficient (Wildman–Crippen LogP) is 3.57. The van der Waals surface area contributed by atoms with Crippen LogP contribution in [0.3, 0.4) is 0 Å². The molecule has 1 aromatic heterocycles. The summed E-state index contributed by atoms with van der Waals surface area (Å²) >= 11 is 1.61. The minimum Gasteiger partial charge on any atom is -0.447 e. The van der Waals surface area contributed by atoms with Gasteiger partial charge >= 0.3 is 6.92 Å². The van der Waals surface area contributed by atoms with Gasteiger partial charge in [0.15, 0.2) is 0 Å². The summed E-state index contributed by atoms with van der Waals surface area (Å²) in [4.78, 5) is 14.5. The number of rotatable bonds is 6. The third-order valence-corrected chi connectivity index (χ3v) is 5.41. The molecular formula is C18H24BNO2S. The quantitative estimate of drug-likeness (QED) is 0.619.